The summed E-state index contributed by atoms with van der Waals surface area (Å²) in [6.45, 7) is 0.298. The Balaban J connectivity index is 1.60. The van der Waals surface area contributed by atoms with Gasteiger partial charge in [-0.1, -0.05) is 36.3 Å². The van der Waals surface area contributed by atoms with E-state index < -0.39 is 44.4 Å². The number of ether oxygens (including phenoxy) is 1. The molecule has 0 saturated carbocycles. The highest BCUT2D eigenvalue weighted by Gasteiger charge is 2.57. The number of hydrogen-bond acceptors (Lipinski definition) is 9. The number of aryl methyl sites for hydroxylation is 1. The number of benzene rings is 1. The van der Waals surface area contributed by atoms with Crippen molar-refractivity contribution in [3.63, 3.8) is 0 Å². The fourth-order valence-electron chi connectivity index (χ4n) is 3.18. The van der Waals surface area contributed by atoms with Crippen LogP contribution in [0.3, 0.4) is 0 Å². The fourth-order valence-corrected chi connectivity index (χ4v) is 4.68. The Morgan fingerprint density at radius 2 is 2.31 bits per heavy atom. The number of nitrogens with one attached hydrogen (secondary N) is 1. The highest BCUT2D eigenvalue weighted by molar-refractivity contribution is 7.71. The standard InChI is InChI=1S/C19H18FN2O8PS/c1-3-11-7-22(18(25)21-16(11)32)17-13(23)15(24)19(20,29-17)9-28-31(26)27-8-12-6-4-5-10(2)14(12)30-31/h1,4-7,13,15,17,23-24H,8-9H2,2H3,(H,21,25,32)/t13-,15+,17-,19-,31?/m1/s1/i17D. The number of aromatic amines is 1. The van der Waals surface area contributed by atoms with Gasteiger partial charge in [0.2, 0.25) is 0 Å². The number of fused-ring (bicyclic) bond motifs is 1. The van der Waals surface area contributed by atoms with Crippen molar-refractivity contribution in [2.45, 2.75) is 37.8 Å². The van der Waals surface area contributed by atoms with E-state index in [-0.39, 0.29) is 22.6 Å². The number of aromatic nitrogens is 2. The molecule has 0 aliphatic carbocycles. The van der Waals surface area contributed by atoms with Crippen molar-refractivity contribution in [1.82, 2.24) is 9.55 Å². The Morgan fingerprint density at radius 1 is 1.56 bits per heavy atom. The minimum atomic E-state index is -4.35. The number of phosphoric ester groups is 1. The zero-order valence-electron chi connectivity index (χ0n) is 17.5. The molecule has 4 rings (SSSR count). The minimum absolute atomic E-state index is 0.0448. The molecule has 10 nitrogen and oxygen atoms in total. The van der Waals surface area contributed by atoms with Gasteiger partial charge in [0.25, 0.3) is 5.85 Å². The van der Waals surface area contributed by atoms with Crippen molar-refractivity contribution in [2.75, 3.05) is 6.61 Å². The van der Waals surface area contributed by atoms with Gasteiger partial charge < -0.3 is 19.5 Å². The maximum atomic E-state index is 15.5. The molecule has 2 aromatic rings. The number of halogens is 1. The molecule has 0 bridgehead atoms. The summed E-state index contributed by atoms with van der Waals surface area (Å²) in [4.78, 5) is 14.5. The fraction of sp³-hybridized carbons (Fsp3) is 0.368. The number of para-hydroxylation sites is 1. The third-order valence-corrected chi connectivity index (χ3v) is 6.52. The van der Waals surface area contributed by atoms with Crippen LogP contribution in [0.2, 0.25) is 0 Å². The summed E-state index contributed by atoms with van der Waals surface area (Å²) in [5, 5.41) is 20.7. The molecule has 1 saturated heterocycles. The number of alkyl halides is 1. The van der Waals surface area contributed by atoms with Gasteiger partial charge in [-0.2, -0.15) is 0 Å². The van der Waals surface area contributed by atoms with Crippen molar-refractivity contribution in [2.24, 2.45) is 0 Å². The second kappa shape index (κ2) is 8.20. The van der Waals surface area contributed by atoms with Crippen LogP contribution >= 0.6 is 20.0 Å². The molecule has 13 heteroatoms. The molecule has 32 heavy (non-hydrogen) atoms. The van der Waals surface area contributed by atoms with Crippen molar-refractivity contribution < 1.29 is 38.8 Å². The minimum Gasteiger partial charge on any atom is -0.403 e. The molecule has 0 spiro atoms. The van der Waals surface area contributed by atoms with Gasteiger partial charge in [-0.3, -0.25) is 18.6 Å². The van der Waals surface area contributed by atoms with Crippen LogP contribution in [0.1, 0.15) is 24.3 Å². The third kappa shape index (κ3) is 3.93. The Hall–Kier alpha value is -2.36. The number of hydrogen-bond donors (Lipinski definition) is 3. The SMILES string of the molecule is [2H][C@@]1(n2cc(C#C)c(=S)[nH]c2=O)O[C@](F)(COP2(=O)OCc3cccc(C)c3O2)[C@@H](O)[C@H]1O. The Morgan fingerprint density at radius 3 is 3.03 bits per heavy atom. The summed E-state index contributed by atoms with van der Waals surface area (Å²) in [7, 11) is -4.35. The van der Waals surface area contributed by atoms with Gasteiger partial charge in [0, 0.05) is 11.8 Å². The molecule has 2 aliphatic rings. The lowest BCUT2D eigenvalue weighted by Crippen LogP contribution is -2.43. The Labute approximate surface area is 187 Å². The largest absolute Gasteiger partial charge is 0.530 e. The number of nitrogens with zero attached hydrogens (tertiary/aromatic N) is 1. The van der Waals surface area contributed by atoms with Gasteiger partial charge in [-0.25, -0.2) is 13.8 Å². The summed E-state index contributed by atoms with van der Waals surface area (Å²) in [6, 6.07) is 5.13. The topological polar surface area (TPSA) is 132 Å². The van der Waals surface area contributed by atoms with Crippen molar-refractivity contribution >= 4 is 20.0 Å². The molecule has 0 radical (unpaired) electrons. The van der Waals surface area contributed by atoms with Crippen LogP contribution in [0.15, 0.2) is 29.2 Å². The highest BCUT2D eigenvalue weighted by Crippen LogP contribution is 2.56. The lowest BCUT2D eigenvalue weighted by Gasteiger charge is -2.29. The predicted molar refractivity (Wildman–Crippen MR) is 110 cm³/mol. The molecular weight excluding hydrogens is 466 g/mol. The lowest BCUT2D eigenvalue weighted by molar-refractivity contribution is -0.205. The number of rotatable bonds is 4. The van der Waals surface area contributed by atoms with Gasteiger partial charge in [-0.15, -0.1) is 6.42 Å². The Bertz CT molecular complexity index is 1330. The number of aliphatic hydroxyl groups is 2. The van der Waals surface area contributed by atoms with Crippen molar-refractivity contribution in [3.05, 3.63) is 56.2 Å². The molecule has 5 atom stereocenters. The van der Waals surface area contributed by atoms with E-state index in [2.05, 4.69) is 10.9 Å². The first-order chi connectivity index (χ1) is 15.4. The lowest BCUT2D eigenvalue weighted by atomic mass is 10.1. The van der Waals surface area contributed by atoms with Gasteiger partial charge >= 0.3 is 13.5 Å². The quantitative estimate of drug-likeness (QED) is 0.337. The molecule has 0 amide bonds. The van der Waals surface area contributed by atoms with Crippen LogP contribution in [-0.2, 0) is 25.0 Å². The highest BCUT2D eigenvalue weighted by atomic mass is 32.1. The normalized spacial score (nSPS) is 34.3. The van der Waals surface area contributed by atoms with Crippen LogP contribution < -0.4 is 10.2 Å². The van der Waals surface area contributed by atoms with Crippen LogP contribution in [0.5, 0.6) is 5.75 Å². The maximum Gasteiger partial charge on any atom is 0.530 e. The molecule has 1 aromatic heterocycles. The van der Waals surface area contributed by atoms with Gasteiger partial charge in [-0.05, 0) is 12.5 Å². The molecule has 2 aliphatic heterocycles. The first kappa shape index (κ1) is 21.5. The van der Waals surface area contributed by atoms with E-state index in [0.717, 1.165) is 6.20 Å². The summed E-state index contributed by atoms with van der Waals surface area (Å²) in [6.07, 6.45) is -1.33. The number of phosphoric acid groups is 1. The van der Waals surface area contributed by atoms with Gasteiger partial charge in [0.1, 0.15) is 29.2 Å². The molecule has 170 valence electrons. The van der Waals surface area contributed by atoms with Crippen molar-refractivity contribution in [1.29, 1.82) is 0 Å². The van der Waals surface area contributed by atoms with E-state index in [1.165, 1.54) is 0 Å². The number of aliphatic hydroxyl groups excluding tert-OH is 2. The van der Waals surface area contributed by atoms with Crippen LogP contribution in [0, 0.1) is 23.9 Å². The van der Waals surface area contributed by atoms with E-state index in [1.54, 1.807) is 25.1 Å². The average Bonchev–Trinajstić information content (AvgIpc) is 2.94. The van der Waals surface area contributed by atoms with E-state index in [4.69, 9.17) is 38.3 Å². The molecule has 1 unspecified atom stereocenters. The van der Waals surface area contributed by atoms with Crippen LogP contribution in [0.4, 0.5) is 4.39 Å². The van der Waals surface area contributed by atoms with E-state index in [1.807, 2.05) is 0 Å². The first-order valence-corrected chi connectivity index (χ1v) is 11.0. The van der Waals surface area contributed by atoms with Crippen molar-refractivity contribution in [3.8, 4) is 18.1 Å². The number of terminal acetylenes is 1. The molecular formula is C19H18FN2O8PS. The maximum absolute atomic E-state index is 15.5. The summed E-state index contributed by atoms with van der Waals surface area (Å²) < 4.78 is 57.5. The Kier molecular flexibility index (Phi) is 5.51. The van der Waals surface area contributed by atoms with E-state index >= 15 is 4.39 Å². The summed E-state index contributed by atoms with van der Waals surface area (Å²) in [5.74, 6) is -0.863. The molecule has 1 fully saturated rings. The smallest absolute Gasteiger partial charge is 0.403 e. The zero-order chi connectivity index (χ0) is 24.2. The average molecular weight is 485 g/mol. The zero-order valence-corrected chi connectivity index (χ0v) is 18.2. The first-order valence-electron chi connectivity index (χ1n) is 9.68. The van der Waals surface area contributed by atoms with E-state index in [9.17, 15) is 19.6 Å². The second-order valence-corrected chi connectivity index (χ2v) is 9.08. The van der Waals surface area contributed by atoms with E-state index in [0.29, 0.717) is 15.7 Å². The molecule has 3 N–H and O–H groups in total. The summed E-state index contributed by atoms with van der Waals surface area (Å²) >= 11 is 4.89. The predicted octanol–water partition coefficient (Wildman–Crippen LogP) is 1.85. The molecule has 1 aromatic carbocycles. The monoisotopic (exact) mass is 485 g/mol. The van der Waals surface area contributed by atoms with Gasteiger partial charge in [0.15, 0.2) is 6.20 Å². The van der Waals surface area contributed by atoms with Gasteiger partial charge in [0.05, 0.1) is 13.5 Å². The van der Waals surface area contributed by atoms with Crippen LogP contribution in [-0.4, -0.2) is 44.4 Å². The third-order valence-electron chi connectivity index (χ3n) is 4.90. The number of H-pyrrole nitrogens is 1. The molecule has 3 heterocycles. The summed E-state index contributed by atoms with van der Waals surface area (Å²) in [5.41, 5.74) is 0.140. The van der Waals surface area contributed by atoms with Crippen LogP contribution in [0.25, 0.3) is 0 Å². The second-order valence-electron chi connectivity index (χ2n) is 7.08.